The molecule has 2 heteroatoms. The lowest BCUT2D eigenvalue weighted by Gasteiger charge is -2.20. The number of halogens is 1. The van der Waals surface area contributed by atoms with Crippen LogP contribution in [0, 0.1) is 0 Å². The molecular weight excluding hydrogens is 196 g/mol. The SMILES string of the molecule is ClCCCc1cccc2c1OCCC2. The summed E-state index contributed by atoms with van der Waals surface area (Å²) in [5.41, 5.74) is 2.69. The molecule has 0 bridgehead atoms. The van der Waals surface area contributed by atoms with E-state index in [0.29, 0.717) is 0 Å². The lowest BCUT2D eigenvalue weighted by molar-refractivity contribution is 0.285. The summed E-state index contributed by atoms with van der Waals surface area (Å²) in [4.78, 5) is 0. The van der Waals surface area contributed by atoms with Crippen molar-refractivity contribution in [2.45, 2.75) is 25.7 Å². The van der Waals surface area contributed by atoms with Gasteiger partial charge in [-0.25, -0.2) is 0 Å². The van der Waals surface area contributed by atoms with Crippen molar-refractivity contribution in [2.75, 3.05) is 12.5 Å². The van der Waals surface area contributed by atoms with Crippen LogP contribution in [0.3, 0.4) is 0 Å². The molecule has 0 fully saturated rings. The number of aryl methyl sites for hydroxylation is 2. The molecule has 0 atom stereocenters. The van der Waals surface area contributed by atoms with Crippen molar-refractivity contribution in [2.24, 2.45) is 0 Å². The van der Waals surface area contributed by atoms with E-state index in [-0.39, 0.29) is 0 Å². The first kappa shape index (κ1) is 9.85. The number of ether oxygens (including phenoxy) is 1. The van der Waals surface area contributed by atoms with Crippen molar-refractivity contribution in [1.29, 1.82) is 0 Å². The fourth-order valence-corrected chi connectivity index (χ4v) is 2.04. The first-order chi connectivity index (χ1) is 6.92. The third-order valence-corrected chi connectivity index (χ3v) is 2.86. The van der Waals surface area contributed by atoms with Crippen LogP contribution in [-0.4, -0.2) is 12.5 Å². The fraction of sp³-hybridized carbons (Fsp3) is 0.500. The van der Waals surface area contributed by atoms with Gasteiger partial charge in [-0.3, -0.25) is 0 Å². The number of hydrogen-bond donors (Lipinski definition) is 0. The molecule has 1 aromatic carbocycles. The van der Waals surface area contributed by atoms with E-state index in [2.05, 4.69) is 18.2 Å². The minimum atomic E-state index is 0.726. The number of alkyl halides is 1. The van der Waals surface area contributed by atoms with Gasteiger partial charge in [-0.1, -0.05) is 18.2 Å². The van der Waals surface area contributed by atoms with Gasteiger partial charge in [0, 0.05) is 5.88 Å². The van der Waals surface area contributed by atoms with Crippen LogP contribution in [0.15, 0.2) is 18.2 Å². The molecule has 0 spiro atoms. The molecule has 14 heavy (non-hydrogen) atoms. The minimum Gasteiger partial charge on any atom is -0.493 e. The van der Waals surface area contributed by atoms with Crippen LogP contribution in [0.5, 0.6) is 5.75 Å². The lowest BCUT2D eigenvalue weighted by Crippen LogP contribution is -2.10. The summed E-state index contributed by atoms with van der Waals surface area (Å²) in [6.07, 6.45) is 4.37. The summed E-state index contributed by atoms with van der Waals surface area (Å²) in [7, 11) is 0. The number of benzene rings is 1. The Balaban J connectivity index is 2.21. The van der Waals surface area contributed by atoms with Crippen molar-refractivity contribution in [3.05, 3.63) is 29.3 Å². The zero-order valence-corrected chi connectivity index (χ0v) is 9.02. The maximum atomic E-state index is 5.71. The van der Waals surface area contributed by atoms with E-state index in [1.165, 1.54) is 11.1 Å². The Morgan fingerprint density at radius 1 is 1.36 bits per heavy atom. The van der Waals surface area contributed by atoms with E-state index < -0.39 is 0 Å². The smallest absolute Gasteiger partial charge is 0.125 e. The van der Waals surface area contributed by atoms with E-state index in [1.807, 2.05) is 0 Å². The zero-order chi connectivity index (χ0) is 9.80. The Labute approximate surface area is 90.0 Å². The molecule has 0 saturated carbocycles. The highest BCUT2D eigenvalue weighted by Crippen LogP contribution is 2.29. The molecule has 1 aliphatic rings. The van der Waals surface area contributed by atoms with Gasteiger partial charge >= 0.3 is 0 Å². The number of para-hydroxylation sites is 1. The number of rotatable bonds is 3. The van der Waals surface area contributed by atoms with Crippen LogP contribution in [0.1, 0.15) is 24.0 Å². The van der Waals surface area contributed by atoms with Crippen molar-refractivity contribution in [3.8, 4) is 5.75 Å². The summed E-state index contributed by atoms with van der Waals surface area (Å²) in [6, 6.07) is 6.44. The molecule has 1 nitrogen and oxygen atoms in total. The van der Waals surface area contributed by atoms with Crippen LogP contribution < -0.4 is 4.74 Å². The third-order valence-electron chi connectivity index (χ3n) is 2.59. The van der Waals surface area contributed by atoms with E-state index in [4.69, 9.17) is 16.3 Å². The summed E-state index contributed by atoms with van der Waals surface area (Å²) >= 11 is 5.69. The van der Waals surface area contributed by atoms with Crippen molar-refractivity contribution < 1.29 is 4.74 Å². The highest BCUT2D eigenvalue weighted by molar-refractivity contribution is 6.17. The van der Waals surface area contributed by atoms with Crippen molar-refractivity contribution in [1.82, 2.24) is 0 Å². The van der Waals surface area contributed by atoms with Crippen LogP contribution >= 0.6 is 11.6 Å². The molecule has 0 amide bonds. The Kier molecular flexibility index (Phi) is 3.30. The molecule has 76 valence electrons. The predicted molar refractivity (Wildman–Crippen MR) is 59.3 cm³/mol. The average molecular weight is 211 g/mol. The van der Waals surface area contributed by atoms with E-state index >= 15 is 0 Å². The van der Waals surface area contributed by atoms with Crippen molar-refractivity contribution >= 4 is 11.6 Å². The highest BCUT2D eigenvalue weighted by atomic mass is 35.5. The summed E-state index contributed by atoms with van der Waals surface area (Å²) < 4.78 is 5.71. The standard InChI is InChI=1S/C12H15ClO/c13-8-2-6-10-4-1-5-11-7-3-9-14-12(10)11/h1,4-5H,2-3,6-9H2. The Bertz CT molecular complexity index is 309. The second-order valence-corrected chi connectivity index (χ2v) is 4.03. The molecule has 2 rings (SSSR count). The highest BCUT2D eigenvalue weighted by Gasteiger charge is 2.13. The largest absolute Gasteiger partial charge is 0.493 e. The van der Waals surface area contributed by atoms with Gasteiger partial charge in [-0.2, -0.15) is 0 Å². The molecule has 0 radical (unpaired) electrons. The average Bonchev–Trinajstić information content (AvgIpc) is 2.26. The number of fused-ring (bicyclic) bond motifs is 1. The fourth-order valence-electron chi connectivity index (χ4n) is 1.91. The predicted octanol–water partition coefficient (Wildman–Crippen LogP) is 3.18. The van der Waals surface area contributed by atoms with Gasteiger partial charge in [0.25, 0.3) is 0 Å². The van der Waals surface area contributed by atoms with Crippen LogP contribution in [0.4, 0.5) is 0 Å². The van der Waals surface area contributed by atoms with Crippen LogP contribution in [-0.2, 0) is 12.8 Å². The second-order valence-electron chi connectivity index (χ2n) is 3.65. The van der Waals surface area contributed by atoms with E-state index in [0.717, 1.165) is 43.9 Å². The molecule has 1 aliphatic heterocycles. The molecule has 0 N–H and O–H groups in total. The van der Waals surface area contributed by atoms with Gasteiger partial charge in [-0.15, -0.1) is 11.6 Å². The monoisotopic (exact) mass is 210 g/mol. The zero-order valence-electron chi connectivity index (χ0n) is 8.26. The lowest BCUT2D eigenvalue weighted by atomic mass is 10.00. The third kappa shape index (κ3) is 2.03. The van der Waals surface area contributed by atoms with E-state index in [1.54, 1.807) is 0 Å². The van der Waals surface area contributed by atoms with Crippen LogP contribution in [0.2, 0.25) is 0 Å². The normalized spacial score (nSPS) is 14.6. The summed E-state index contributed by atoms with van der Waals surface area (Å²) in [6.45, 7) is 0.866. The maximum Gasteiger partial charge on any atom is 0.125 e. The van der Waals surface area contributed by atoms with E-state index in [9.17, 15) is 0 Å². The van der Waals surface area contributed by atoms with Gasteiger partial charge in [0.1, 0.15) is 5.75 Å². The van der Waals surface area contributed by atoms with Crippen LogP contribution in [0.25, 0.3) is 0 Å². The maximum absolute atomic E-state index is 5.71. The molecule has 0 unspecified atom stereocenters. The first-order valence-electron chi connectivity index (χ1n) is 5.21. The molecule has 0 aromatic heterocycles. The Morgan fingerprint density at radius 3 is 3.14 bits per heavy atom. The van der Waals surface area contributed by atoms with Gasteiger partial charge in [-0.05, 0) is 36.8 Å². The Hall–Kier alpha value is -0.690. The molecule has 0 aliphatic carbocycles. The van der Waals surface area contributed by atoms with Gasteiger partial charge in [0.05, 0.1) is 6.61 Å². The van der Waals surface area contributed by atoms with Gasteiger partial charge in [0.15, 0.2) is 0 Å². The van der Waals surface area contributed by atoms with Gasteiger partial charge in [0.2, 0.25) is 0 Å². The summed E-state index contributed by atoms with van der Waals surface area (Å²) in [5.74, 6) is 1.85. The first-order valence-corrected chi connectivity index (χ1v) is 5.75. The molecule has 1 aromatic rings. The quantitative estimate of drug-likeness (QED) is 0.697. The minimum absolute atomic E-state index is 0.726. The second kappa shape index (κ2) is 4.70. The topological polar surface area (TPSA) is 9.23 Å². The molecule has 0 saturated heterocycles. The molecule has 1 heterocycles. The Morgan fingerprint density at radius 2 is 2.29 bits per heavy atom. The number of hydrogen-bond acceptors (Lipinski definition) is 1. The van der Waals surface area contributed by atoms with Gasteiger partial charge < -0.3 is 4.74 Å². The summed E-state index contributed by atoms with van der Waals surface area (Å²) in [5, 5.41) is 0. The molecular formula is C12H15ClO. The van der Waals surface area contributed by atoms with Crippen molar-refractivity contribution in [3.63, 3.8) is 0 Å².